The molecule has 0 spiro atoms. The number of phosphoric acid groups is 2. The van der Waals surface area contributed by atoms with Gasteiger partial charge in [0.05, 0.1) is 18.5 Å². The smallest absolute Gasteiger partial charge is 0.387 e. The van der Waals surface area contributed by atoms with E-state index in [9.17, 15) is 33.9 Å². The number of aliphatic hydroxyl groups is 2. The quantitative estimate of drug-likeness (QED) is 0.115. The van der Waals surface area contributed by atoms with Crippen LogP contribution in [0, 0.1) is 11.8 Å². The number of nitrogens with two attached hydrogens (primary N) is 1. The molecular weight excluding hydrogens is 614 g/mol. The minimum Gasteiger partial charge on any atom is -0.387 e. The second kappa shape index (κ2) is 12.0. The summed E-state index contributed by atoms with van der Waals surface area (Å²) in [5.41, 5.74) is 6.86. The number of aromatic nitrogens is 5. The fourth-order valence-electron chi connectivity index (χ4n) is 4.83. The first kappa shape index (κ1) is 31.7. The van der Waals surface area contributed by atoms with Gasteiger partial charge in [0.2, 0.25) is 0 Å². The fourth-order valence-corrected chi connectivity index (χ4v) is 7.06. The molecule has 2 fully saturated rings. The van der Waals surface area contributed by atoms with Gasteiger partial charge in [0.15, 0.2) is 42.0 Å². The second-order valence-electron chi connectivity index (χ2n) is 10.3. The van der Waals surface area contributed by atoms with E-state index in [0.717, 1.165) is 0 Å². The Hall–Kier alpha value is -2.73. The first-order chi connectivity index (χ1) is 20.2. The van der Waals surface area contributed by atoms with Gasteiger partial charge in [-0.05, 0) is 13.0 Å². The van der Waals surface area contributed by atoms with Crippen LogP contribution in [-0.2, 0) is 32.0 Å². The maximum Gasteiger partial charge on any atom is 0.483 e. The number of carbonyl (C=O) groups excluding carboxylic acids is 1. The molecule has 0 amide bonds. The van der Waals surface area contributed by atoms with Gasteiger partial charge in [-0.2, -0.15) is 8.88 Å². The molecule has 5 rings (SSSR count). The molecule has 2 aliphatic heterocycles. The van der Waals surface area contributed by atoms with Crippen LogP contribution >= 0.6 is 15.6 Å². The summed E-state index contributed by atoms with van der Waals surface area (Å²) in [5.74, 6) is -0.911. The summed E-state index contributed by atoms with van der Waals surface area (Å²) in [6.07, 6.45) is -2.14. The van der Waals surface area contributed by atoms with Gasteiger partial charge in [-0.3, -0.25) is 18.4 Å². The number of ketones is 1. The van der Waals surface area contributed by atoms with Crippen LogP contribution in [0.25, 0.3) is 11.2 Å². The summed E-state index contributed by atoms with van der Waals surface area (Å²) in [6, 6.07) is 3.09. The van der Waals surface area contributed by atoms with Crippen molar-refractivity contribution >= 4 is 38.4 Å². The SMILES string of the molecule is CC(=O)c1ccc[n+](C2OC(COP(=O)(O)OP(=O)(O)OC3OC(n4cnc5c(N)ncnc54)C(C)C3C)C(O)C2O)c1. The monoisotopic (exact) mass is 645 g/mol. The van der Waals surface area contributed by atoms with Crippen molar-refractivity contribution in [3.63, 3.8) is 0 Å². The highest BCUT2D eigenvalue weighted by atomic mass is 31.3. The summed E-state index contributed by atoms with van der Waals surface area (Å²) < 4.78 is 54.0. The molecule has 6 N–H and O–H groups in total. The summed E-state index contributed by atoms with van der Waals surface area (Å²) in [4.78, 5) is 44.4. The lowest BCUT2D eigenvalue weighted by Gasteiger charge is -2.22. The van der Waals surface area contributed by atoms with Crippen molar-refractivity contribution in [3.05, 3.63) is 42.7 Å². The Bertz CT molecular complexity index is 1610. The van der Waals surface area contributed by atoms with Crippen LogP contribution in [0.3, 0.4) is 0 Å². The molecular formula is C23H31N6O12P2+. The number of imidazole rings is 1. The van der Waals surface area contributed by atoms with E-state index >= 15 is 0 Å². The van der Waals surface area contributed by atoms with Gasteiger partial charge in [-0.15, -0.1) is 0 Å². The number of hydrogen-bond donors (Lipinski definition) is 5. The molecule has 2 aliphatic rings. The Morgan fingerprint density at radius 3 is 2.58 bits per heavy atom. The number of pyridine rings is 1. The van der Waals surface area contributed by atoms with Crippen molar-refractivity contribution in [2.24, 2.45) is 11.8 Å². The van der Waals surface area contributed by atoms with Crippen molar-refractivity contribution in [2.45, 2.75) is 57.8 Å². The molecule has 10 unspecified atom stereocenters. The number of anilines is 1. The number of Topliss-reactive ketones (excluding diaryl/α,β-unsaturated/α-hetero) is 1. The van der Waals surface area contributed by atoms with Crippen LogP contribution < -0.4 is 10.3 Å². The minimum absolute atomic E-state index is 0.156. The molecule has 18 nitrogen and oxygen atoms in total. The van der Waals surface area contributed by atoms with Crippen LogP contribution in [0.1, 0.15) is 43.6 Å². The Labute approximate surface area is 244 Å². The number of carbonyl (C=O) groups is 1. The Morgan fingerprint density at radius 1 is 1.12 bits per heavy atom. The molecule has 5 heterocycles. The zero-order valence-electron chi connectivity index (χ0n) is 23.1. The van der Waals surface area contributed by atoms with Gasteiger partial charge in [0.25, 0.3) is 6.23 Å². The normalized spacial score (nSPS) is 32.1. The molecule has 0 aromatic carbocycles. The van der Waals surface area contributed by atoms with Crippen molar-refractivity contribution in [3.8, 4) is 0 Å². The Morgan fingerprint density at radius 2 is 1.86 bits per heavy atom. The van der Waals surface area contributed by atoms with Crippen LogP contribution in [0.15, 0.2) is 37.2 Å². The van der Waals surface area contributed by atoms with Crippen LogP contribution in [-0.4, -0.2) is 76.5 Å². The zero-order chi connectivity index (χ0) is 31.3. The molecule has 234 valence electrons. The predicted molar refractivity (Wildman–Crippen MR) is 142 cm³/mol. The zero-order valence-corrected chi connectivity index (χ0v) is 24.8. The van der Waals surface area contributed by atoms with E-state index in [-0.39, 0.29) is 17.5 Å². The average molecular weight is 645 g/mol. The van der Waals surface area contributed by atoms with E-state index in [1.807, 2.05) is 0 Å². The molecule has 3 aromatic rings. The standard InChI is InChI=1S/C23H30N6O12P2/c1-11-12(2)23(39-21(11)29-10-27-16-19(24)25-9-26-20(16)29)40-43(35,36)41-42(33,34)37-8-15-17(31)18(32)22(38-15)28-6-4-5-14(7-28)13(3)30/h4-7,9-12,15,17-18,21-23,31-32H,8H2,1-3H3,(H3-,24,25,26,33,34,35,36)/p+1. The number of hydrogen-bond acceptors (Lipinski definition) is 14. The topological polar surface area (TPSA) is 252 Å². The van der Waals surface area contributed by atoms with Crippen LogP contribution in [0.4, 0.5) is 5.82 Å². The number of ether oxygens (including phenoxy) is 2. The molecule has 0 radical (unpaired) electrons. The third-order valence-electron chi connectivity index (χ3n) is 7.35. The Balaban J connectivity index is 1.20. The largest absolute Gasteiger partial charge is 0.483 e. The highest BCUT2D eigenvalue weighted by molar-refractivity contribution is 7.61. The summed E-state index contributed by atoms with van der Waals surface area (Å²) in [6.45, 7) is 4.01. The van der Waals surface area contributed by atoms with Gasteiger partial charge in [0, 0.05) is 17.9 Å². The van der Waals surface area contributed by atoms with E-state index in [1.54, 1.807) is 24.5 Å². The number of aliphatic hydroxyl groups excluding tert-OH is 2. The summed E-state index contributed by atoms with van der Waals surface area (Å²) >= 11 is 0. The van der Waals surface area contributed by atoms with E-state index in [1.165, 1.54) is 42.6 Å². The van der Waals surface area contributed by atoms with Crippen LogP contribution in [0.5, 0.6) is 0 Å². The van der Waals surface area contributed by atoms with E-state index in [4.69, 9.17) is 24.3 Å². The van der Waals surface area contributed by atoms with Gasteiger partial charge in [-0.1, -0.05) is 13.8 Å². The third kappa shape index (κ3) is 6.55. The second-order valence-corrected chi connectivity index (χ2v) is 13.3. The Kier molecular flexibility index (Phi) is 8.83. The number of nitrogens with zero attached hydrogens (tertiary/aromatic N) is 5. The number of rotatable bonds is 10. The molecule has 20 heteroatoms. The third-order valence-corrected chi connectivity index (χ3v) is 9.95. The maximum atomic E-state index is 12.7. The highest BCUT2D eigenvalue weighted by Gasteiger charge is 2.50. The van der Waals surface area contributed by atoms with Crippen molar-refractivity contribution in [1.29, 1.82) is 0 Å². The molecule has 10 atom stereocenters. The number of nitrogen functional groups attached to an aromatic ring is 1. The maximum absolute atomic E-state index is 12.7. The molecule has 0 bridgehead atoms. The summed E-state index contributed by atoms with van der Waals surface area (Å²) in [7, 11) is -10.6. The minimum atomic E-state index is -5.28. The van der Waals surface area contributed by atoms with Gasteiger partial charge < -0.3 is 35.2 Å². The lowest BCUT2D eigenvalue weighted by molar-refractivity contribution is -0.765. The van der Waals surface area contributed by atoms with Gasteiger partial charge in [0.1, 0.15) is 30.3 Å². The van der Waals surface area contributed by atoms with Crippen LogP contribution in [0.2, 0.25) is 0 Å². The lowest BCUT2D eigenvalue weighted by Crippen LogP contribution is -2.46. The fraction of sp³-hybridized carbons (Fsp3) is 0.522. The van der Waals surface area contributed by atoms with Crippen molar-refractivity contribution in [1.82, 2.24) is 19.5 Å². The number of phosphoric ester groups is 2. The van der Waals surface area contributed by atoms with Crippen molar-refractivity contribution < 1.29 is 61.3 Å². The highest BCUT2D eigenvalue weighted by Crippen LogP contribution is 2.62. The van der Waals surface area contributed by atoms with Crippen molar-refractivity contribution in [2.75, 3.05) is 12.3 Å². The van der Waals surface area contributed by atoms with E-state index < -0.39 is 65.2 Å². The molecule has 43 heavy (non-hydrogen) atoms. The molecule has 2 saturated heterocycles. The van der Waals surface area contributed by atoms with Gasteiger partial charge >= 0.3 is 15.6 Å². The average Bonchev–Trinajstić information content (AvgIpc) is 3.58. The van der Waals surface area contributed by atoms with Gasteiger partial charge in [-0.25, -0.2) is 24.1 Å². The lowest BCUT2D eigenvalue weighted by atomic mass is 9.97. The predicted octanol–water partition coefficient (Wildman–Crippen LogP) is 0.596. The van der Waals surface area contributed by atoms with E-state index in [0.29, 0.717) is 16.7 Å². The molecule has 0 aliphatic carbocycles. The number of fused-ring (bicyclic) bond motifs is 1. The molecule has 0 saturated carbocycles. The first-order valence-electron chi connectivity index (χ1n) is 13.0. The summed E-state index contributed by atoms with van der Waals surface area (Å²) in [5, 5.41) is 20.9. The van der Waals surface area contributed by atoms with E-state index in [2.05, 4.69) is 19.3 Å². The molecule has 3 aromatic heterocycles. The first-order valence-corrected chi connectivity index (χ1v) is 16.0.